The molecule has 1 atom stereocenters. The van der Waals surface area contributed by atoms with Gasteiger partial charge in [-0.05, 0) is 36.8 Å². The van der Waals surface area contributed by atoms with E-state index in [2.05, 4.69) is 15.6 Å². The number of para-hydroxylation sites is 1. The number of likely N-dealkylation sites (tertiary alicyclic amines) is 1. The van der Waals surface area contributed by atoms with Gasteiger partial charge in [0.05, 0.1) is 12.2 Å². The van der Waals surface area contributed by atoms with E-state index in [9.17, 15) is 4.79 Å². The van der Waals surface area contributed by atoms with E-state index in [1.165, 1.54) is 0 Å². The molecular weight excluding hydrogens is 302 g/mol. The van der Waals surface area contributed by atoms with E-state index in [1.54, 1.807) is 0 Å². The molecule has 0 N–H and O–H groups in total. The quantitative estimate of drug-likeness (QED) is 0.870. The van der Waals surface area contributed by atoms with Gasteiger partial charge < -0.3 is 14.2 Å². The zero-order valence-corrected chi connectivity index (χ0v) is 13.8. The van der Waals surface area contributed by atoms with Gasteiger partial charge in [0.15, 0.2) is 0 Å². The van der Waals surface area contributed by atoms with E-state index < -0.39 is 0 Å². The standard InChI is InChI=1S/C19H23N3O2/c23-19(17-11-16-3-1-2-4-18(16)24-13-17)22-8-5-15(6-9-22)12-21-10-7-20-14-21/h1-4,7,10,14-15,17H,5-6,8-9,11-13H2/t17-/m0/s1. The van der Waals surface area contributed by atoms with Crippen LogP contribution in [0.4, 0.5) is 0 Å². The number of aromatic nitrogens is 2. The number of imidazole rings is 1. The van der Waals surface area contributed by atoms with Crippen molar-refractivity contribution in [3.05, 3.63) is 48.5 Å². The highest BCUT2D eigenvalue weighted by molar-refractivity contribution is 5.80. The van der Waals surface area contributed by atoms with E-state index in [4.69, 9.17) is 4.74 Å². The van der Waals surface area contributed by atoms with Crippen LogP contribution >= 0.6 is 0 Å². The maximum absolute atomic E-state index is 12.8. The molecule has 5 nitrogen and oxygen atoms in total. The first-order valence-corrected chi connectivity index (χ1v) is 8.75. The predicted molar refractivity (Wildman–Crippen MR) is 90.7 cm³/mol. The Morgan fingerprint density at radius 1 is 1.25 bits per heavy atom. The molecule has 24 heavy (non-hydrogen) atoms. The first-order valence-electron chi connectivity index (χ1n) is 8.75. The first kappa shape index (κ1) is 15.2. The summed E-state index contributed by atoms with van der Waals surface area (Å²) >= 11 is 0. The molecule has 1 amide bonds. The SMILES string of the molecule is O=C([C@@H]1COc2ccccc2C1)N1CCC(Cn2ccnc2)CC1. The summed E-state index contributed by atoms with van der Waals surface area (Å²) in [6, 6.07) is 8.03. The fraction of sp³-hybridized carbons (Fsp3) is 0.474. The van der Waals surface area contributed by atoms with Gasteiger partial charge in [0.1, 0.15) is 12.4 Å². The van der Waals surface area contributed by atoms with Crippen molar-refractivity contribution in [1.82, 2.24) is 14.5 Å². The number of ether oxygens (including phenoxy) is 1. The topological polar surface area (TPSA) is 47.4 Å². The Morgan fingerprint density at radius 2 is 2.08 bits per heavy atom. The van der Waals surface area contributed by atoms with Crippen molar-refractivity contribution in [2.75, 3.05) is 19.7 Å². The molecule has 4 rings (SSSR count). The number of hydrogen-bond donors (Lipinski definition) is 0. The lowest BCUT2D eigenvalue weighted by atomic mass is 9.92. The summed E-state index contributed by atoms with van der Waals surface area (Å²) in [5.74, 6) is 1.78. The van der Waals surface area contributed by atoms with Gasteiger partial charge in [0.2, 0.25) is 5.91 Å². The molecule has 1 fully saturated rings. The van der Waals surface area contributed by atoms with Gasteiger partial charge in [-0.15, -0.1) is 0 Å². The van der Waals surface area contributed by atoms with Crippen molar-refractivity contribution in [3.8, 4) is 5.75 Å². The molecule has 0 unspecified atom stereocenters. The third kappa shape index (κ3) is 3.16. The Labute approximate surface area is 142 Å². The van der Waals surface area contributed by atoms with E-state index in [0.29, 0.717) is 12.5 Å². The average Bonchev–Trinajstić information content (AvgIpc) is 3.14. The second-order valence-electron chi connectivity index (χ2n) is 6.85. The summed E-state index contributed by atoms with van der Waals surface area (Å²) in [6.45, 7) is 3.22. The fourth-order valence-corrected chi connectivity index (χ4v) is 3.77. The van der Waals surface area contributed by atoms with Crippen LogP contribution in [0.25, 0.3) is 0 Å². The van der Waals surface area contributed by atoms with Crippen molar-refractivity contribution < 1.29 is 9.53 Å². The van der Waals surface area contributed by atoms with Gasteiger partial charge in [-0.2, -0.15) is 0 Å². The molecular formula is C19H23N3O2. The Bertz CT molecular complexity index is 690. The van der Waals surface area contributed by atoms with Gasteiger partial charge in [-0.1, -0.05) is 18.2 Å². The zero-order chi connectivity index (χ0) is 16.4. The normalized spacial score (nSPS) is 21.2. The largest absolute Gasteiger partial charge is 0.492 e. The molecule has 2 aromatic rings. The number of rotatable bonds is 3. The number of fused-ring (bicyclic) bond motifs is 1. The molecule has 0 bridgehead atoms. The smallest absolute Gasteiger partial charge is 0.229 e. The van der Waals surface area contributed by atoms with Crippen molar-refractivity contribution in [2.24, 2.45) is 11.8 Å². The van der Waals surface area contributed by atoms with E-state index >= 15 is 0 Å². The van der Waals surface area contributed by atoms with Gasteiger partial charge in [0, 0.05) is 32.0 Å². The summed E-state index contributed by atoms with van der Waals surface area (Å²) in [4.78, 5) is 18.9. The molecule has 5 heteroatoms. The highest BCUT2D eigenvalue weighted by Crippen LogP contribution is 2.29. The van der Waals surface area contributed by atoms with Gasteiger partial charge in [-0.3, -0.25) is 4.79 Å². The van der Waals surface area contributed by atoms with Crippen LogP contribution in [0.15, 0.2) is 43.0 Å². The summed E-state index contributed by atoms with van der Waals surface area (Å²) in [7, 11) is 0. The summed E-state index contributed by atoms with van der Waals surface area (Å²) < 4.78 is 7.91. The van der Waals surface area contributed by atoms with Crippen LogP contribution in [0.5, 0.6) is 5.75 Å². The van der Waals surface area contributed by atoms with Crippen LogP contribution in [-0.2, 0) is 17.8 Å². The summed E-state index contributed by atoms with van der Waals surface area (Å²) in [6.07, 6.45) is 8.62. The Balaban J connectivity index is 1.32. The third-order valence-corrected chi connectivity index (χ3v) is 5.18. The second-order valence-corrected chi connectivity index (χ2v) is 6.85. The minimum atomic E-state index is -0.0369. The molecule has 126 valence electrons. The van der Waals surface area contributed by atoms with Crippen molar-refractivity contribution in [1.29, 1.82) is 0 Å². The van der Waals surface area contributed by atoms with E-state index in [1.807, 2.05) is 41.8 Å². The molecule has 0 saturated carbocycles. The van der Waals surface area contributed by atoms with Crippen LogP contribution in [0.3, 0.4) is 0 Å². The molecule has 0 aliphatic carbocycles. The van der Waals surface area contributed by atoms with Crippen LogP contribution in [0.2, 0.25) is 0 Å². The molecule has 1 aromatic carbocycles. The number of hydrogen-bond acceptors (Lipinski definition) is 3. The number of carbonyl (C=O) groups is 1. The van der Waals surface area contributed by atoms with Crippen molar-refractivity contribution in [3.63, 3.8) is 0 Å². The Kier molecular flexibility index (Phi) is 4.24. The molecule has 0 spiro atoms. The Morgan fingerprint density at radius 3 is 2.88 bits per heavy atom. The fourth-order valence-electron chi connectivity index (χ4n) is 3.77. The average molecular weight is 325 g/mol. The van der Waals surface area contributed by atoms with Crippen molar-refractivity contribution >= 4 is 5.91 Å². The maximum Gasteiger partial charge on any atom is 0.229 e. The first-order chi connectivity index (χ1) is 11.8. The van der Waals surface area contributed by atoms with Gasteiger partial charge in [-0.25, -0.2) is 4.98 Å². The minimum Gasteiger partial charge on any atom is -0.492 e. The number of amides is 1. The van der Waals surface area contributed by atoms with Crippen LogP contribution in [-0.4, -0.2) is 40.1 Å². The minimum absolute atomic E-state index is 0.0369. The lowest BCUT2D eigenvalue weighted by Crippen LogP contribution is -2.45. The predicted octanol–water partition coefficient (Wildman–Crippen LogP) is 2.37. The molecule has 1 aromatic heterocycles. The highest BCUT2D eigenvalue weighted by atomic mass is 16.5. The van der Waals surface area contributed by atoms with E-state index in [0.717, 1.165) is 50.2 Å². The summed E-state index contributed by atoms with van der Waals surface area (Å²) in [5.41, 5.74) is 1.15. The maximum atomic E-state index is 12.8. The molecule has 2 aliphatic heterocycles. The van der Waals surface area contributed by atoms with Crippen LogP contribution in [0, 0.1) is 11.8 Å². The third-order valence-electron chi connectivity index (χ3n) is 5.18. The zero-order valence-electron chi connectivity index (χ0n) is 13.8. The van der Waals surface area contributed by atoms with Crippen molar-refractivity contribution in [2.45, 2.75) is 25.8 Å². The van der Waals surface area contributed by atoms with Gasteiger partial charge in [0.25, 0.3) is 0 Å². The van der Waals surface area contributed by atoms with Gasteiger partial charge >= 0.3 is 0 Å². The number of carbonyl (C=O) groups excluding carboxylic acids is 1. The molecule has 1 saturated heterocycles. The van der Waals surface area contributed by atoms with E-state index in [-0.39, 0.29) is 11.8 Å². The number of nitrogens with zero attached hydrogens (tertiary/aromatic N) is 3. The number of piperidine rings is 1. The molecule has 0 radical (unpaired) electrons. The monoisotopic (exact) mass is 325 g/mol. The summed E-state index contributed by atoms with van der Waals surface area (Å²) in [5, 5.41) is 0. The number of benzene rings is 1. The molecule has 2 aliphatic rings. The lowest BCUT2D eigenvalue weighted by molar-refractivity contribution is -0.138. The molecule has 3 heterocycles. The Hall–Kier alpha value is -2.30. The van der Waals surface area contributed by atoms with Crippen LogP contribution < -0.4 is 4.74 Å². The second kappa shape index (κ2) is 6.67. The van der Waals surface area contributed by atoms with Crippen LogP contribution in [0.1, 0.15) is 18.4 Å². The lowest BCUT2D eigenvalue weighted by Gasteiger charge is -2.35. The highest BCUT2D eigenvalue weighted by Gasteiger charge is 2.31.